The quantitative estimate of drug-likeness (QED) is 0.377. The molecule has 0 aliphatic carbocycles. The van der Waals surface area contributed by atoms with Crippen LogP contribution in [-0.2, 0) is 153 Å². The van der Waals surface area contributed by atoms with Gasteiger partial charge in [0.05, 0.1) is 0 Å². The monoisotopic (exact) mass is 437 g/mol. The molecule has 0 fully saturated rings. The normalized spacial score (nSPS) is 0.400. The number of rotatable bonds is 0. The van der Waals surface area contributed by atoms with Crippen LogP contribution in [0.5, 0.6) is 0 Å². The zero-order valence-corrected chi connectivity index (χ0v) is 15.7. The molecule has 0 rings (SSSR count). The van der Waals surface area contributed by atoms with Gasteiger partial charge in [0.25, 0.3) is 0 Å². The van der Waals surface area contributed by atoms with Crippen LogP contribution in [0.3, 0.4) is 0 Å². The van der Waals surface area contributed by atoms with E-state index in [-0.39, 0.29) is 148 Å². The molecule has 0 aromatic rings. The molecule has 0 amide bonds. The summed E-state index contributed by atoms with van der Waals surface area (Å²) in [6, 6.07) is 0. The fourth-order valence-electron chi connectivity index (χ4n) is 0. The largest absolute Gasteiger partial charge is 0.545 e. The molecule has 0 aromatic heterocycles. The average Bonchev–Trinajstić information content (AvgIpc) is 1.00. The van der Waals surface area contributed by atoms with Gasteiger partial charge in [-0.05, 0) is 0 Å². The Morgan fingerprint density at radius 2 is 0.400 bits per heavy atom. The summed E-state index contributed by atoms with van der Waals surface area (Å²) in [6.45, 7) is 3.25. The van der Waals surface area contributed by atoms with Crippen LogP contribution in [0.1, 0.15) is 0 Å². The van der Waals surface area contributed by atoms with E-state index in [2.05, 4.69) is 6.79 Å². The summed E-state index contributed by atoms with van der Waals surface area (Å²) < 4.78 is 0. The summed E-state index contributed by atoms with van der Waals surface area (Å²) in [6.07, 6.45) is 0. The molecule has 0 aromatic carbocycles. The van der Waals surface area contributed by atoms with E-state index in [9.17, 15) is 0 Å². The van der Waals surface area contributed by atoms with Gasteiger partial charge in [-0.25, -0.2) is 0 Å². The van der Waals surface area contributed by atoms with Gasteiger partial charge in [0.15, 0.2) is 0 Å². The molecule has 0 saturated heterocycles. The first kappa shape index (κ1) is 89.4. The molecule has 52 valence electrons. The molecular weight excluding hydrogens is 436 g/mol. The topological polar surface area (TPSA) is 17.1 Å². The SMILES string of the molecule is [CH-]=O.[V].[V].[V].[V].[V].[V].[V].[V]. The number of hydrogen-bond donors (Lipinski definition) is 0. The summed E-state index contributed by atoms with van der Waals surface area (Å²) in [4.78, 5) is 7.75. The first-order valence-electron chi connectivity index (χ1n) is 0.236. The van der Waals surface area contributed by atoms with E-state index in [1.54, 1.807) is 0 Å². The van der Waals surface area contributed by atoms with Crippen molar-refractivity contribution in [2.45, 2.75) is 0 Å². The summed E-state index contributed by atoms with van der Waals surface area (Å²) in [5, 5.41) is 0. The van der Waals surface area contributed by atoms with E-state index in [4.69, 9.17) is 4.79 Å². The molecule has 0 aliphatic rings. The second kappa shape index (κ2) is 108. The van der Waals surface area contributed by atoms with E-state index < -0.39 is 0 Å². The van der Waals surface area contributed by atoms with Crippen LogP contribution in [0.4, 0.5) is 0 Å². The standard InChI is InChI=1S/CHO.8V/c1-2;;;;;;;;/h1H;;;;;;;;/q-1;;;;;;;;. The molecule has 0 saturated carbocycles. The molecule has 8 radical (unpaired) electrons. The Labute approximate surface area is 157 Å². The van der Waals surface area contributed by atoms with Crippen LogP contribution in [0.25, 0.3) is 0 Å². The fraction of sp³-hybridized carbons (Fsp3) is 0. The average molecular weight is 437 g/mol. The first-order valence-corrected chi connectivity index (χ1v) is 0.236. The molecule has 10 heavy (non-hydrogen) atoms. The van der Waals surface area contributed by atoms with E-state index in [0.717, 1.165) is 0 Å². The smallest absolute Gasteiger partial charge is 0 e. The van der Waals surface area contributed by atoms with Crippen molar-refractivity contribution in [1.82, 2.24) is 0 Å². The third kappa shape index (κ3) is 84.2. The zero-order valence-electron chi connectivity index (χ0n) is 4.56. The second-order valence-corrected chi connectivity index (χ2v) is 0. The Bertz CT molecular complexity index is 9.22. The predicted octanol–water partition coefficient (Wildman–Crippen LogP) is -0.294. The molecule has 0 unspecified atom stereocenters. The first-order chi connectivity index (χ1) is 1.00. The van der Waals surface area contributed by atoms with Crippen molar-refractivity contribution in [3.05, 3.63) is 0 Å². The van der Waals surface area contributed by atoms with Gasteiger partial charge in [0, 0.05) is 148 Å². The van der Waals surface area contributed by atoms with E-state index >= 15 is 0 Å². The van der Waals surface area contributed by atoms with Gasteiger partial charge < -0.3 is 4.79 Å². The van der Waals surface area contributed by atoms with Crippen molar-refractivity contribution in [3.63, 3.8) is 0 Å². The van der Waals surface area contributed by atoms with Crippen LogP contribution in [-0.4, -0.2) is 6.79 Å². The van der Waals surface area contributed by atoms with Gasteiger partial charge in [-0.15, -0.1) is 0 Å². The van der Waals surface area contributed by atoms with Gasteiger partial charge in [-0.2, -0.15) is 0 Å². The minimum atomic E-state index is 0. The molecule has 0 atom stereocenters. The summed E-state index contributed by atoms with van der Waals surface area (Å²) >= 11 is 0. The maximum absolute atomic E-state index is 7.75. The van der Waals surface area contributed by atoms with Gasteiger partial charge in [-0.1, -0.05) is 0 Å². The Morgan fingerprint density at radius 3 is 0.400 bits per heavy atom. The zero-order chi connectivity index (χ0) is 2.00. The van der Waals surface area contributed by atoms with Crippen molar-refractivity contribution in [3.8, 4) is 0 Å². The van der Waals surface area contributed by atoms with Crippen molar-refractivity contribution < 1.29 is 153 Å². The predicted molar refractivity (Wildman–Crippen MR) is 6.75 cm³/mol. The van der Waals surface area contributed by atoms with Crippen molar-refractivity contribution in [2.75, 3.05) is 0 Å². The van der Waals surface area contributed by atoms with Gasteiger partial charge in [-0.3, -0.25) is 6.79 Å². The second-order valence-electron chi connectivity index (χ2n) is 0. The van der Waals surface area contributed by atoms with E-state index in [0.29, 0.717) is 0 Å². The Morgan fingerprint density at radius 1 is 0.400 bits per heavy atom. The van der Waals surface area contributed by atoms with Gasteiger partial charge in [0.1, 0.15) is 0 Å². The van der Waals surface area contributed by atoms with Gasteiger partial charge in [0.2, 0.25) is 0 Å². The molecule has 0 heterocycles. The molecule has 0 bridgehead atoms. The summed E-state index contributed by atoms with van der Waals surface area (Å²) in [5.41, 5.74) is 0. The fourth-order valence-corrected chi connectivity index (χ4v) is 0. The van der Waals surface area contributed by atoms with E-state index in [1.807, 2.05) is 0 Å². The molecular formula is CHOV8-. The Kier molecular flexibility index (Phi) is 963. The molecule has 9 heteroatoms. The third-order valence-electron chi connectivity index (χ3n) is 0. The maximum atomic E-state index is 7.75. The van der Waals surface area contributed by atoms with Crippen molar-refractivity contribution in [1.29, 1.82) is 0 Å². The van der Waals surface area contributed by atoms with Crippen LogP contribution in [0, 0.1) is 0 Å². The third-order valence-corrected chi connectivity index (χ3v) is 0. The minimum Gasteiger partial charge on any atom is -0.545 e. The van der Waals surface area contributed by atoms with Crippen LogP contribution < -0.4 is 0 Å². The minimum absolute atomic E-state index is 0. The maximum Gasteiger partial charge on any atom is 0 e. The van der Waals surface area contributed by atoms with Crippen molar-refractivity contribution >= 4 is 6.79 Å². The van der Waals surface area contributed by atoms with Crippen LogP contribution in [0.15, 0.2) is 0 Å². The molecule has 0 spiro atoms. The number of hydrogen-bond acceptors (Lipinski definition) is 1. The van der Waals surface area contributed by atoms with Crippen molar-refractivity contribution in [2.24, 2.45) is 0 Å². The van der Waals surface area contributed by atoms with Gasteiger partial charge >= 0.3 is 0 Å². The molecule has 0 aliphatic heterocycles. The summed E-state index contributed by atoms with van der Waals surface area (Å²) in [7, 11) is 0. The number of carbonyl (C=O) groups excluding carboxylic acids is 1. The molecule has 1 nitrogen and oxygen atoms in total. The molecule has 0 N–H and O–H groups in total. The Hall–Kier alpha value is 4.35. The van der Waals surface area contributed by atoms with Crippen LogP contribution in [0.2, 0.25) is 0 Å². The summed E-state index contributed by atoms with van der Waals surface area (Å²) in [5.74, 6) is 0. The Balaban J connectivity index is -0.000000000179. The van der Waals surface area contributed by atoms with E-state index in [1.165, 1.54) is 0 Å². The van der Waals surface area contributed by atoms with Crippen LogP contribution >= 0.6 is 0 Å².